The summed E-state index contributed by atoms with van der Waals surface area (Å²) in [4.78, 5) is 14.5. The number of hydrogen-bond donors (Lipinski definition) is 2. The van der Waals surface area contributed by atoms with E-state index in [2.05, 4.69) is 21.6 Å². The largest absolute Gasteiger partial charge is 0.352 e. The smallest absolute Gasteiger partial charge is 0.255 e. The van der Waals surface area contributed by atoms with Crippen molar-refractivity contribution in [2.24, 2.45) is 0 Å². The summed E-state index contributed by atoms with van der Waals surface area (Å²) in [7, 11) is 0. The van der Waals surface area contributed by atoms with E-state index in [0.29, 0.717) is 12.1 Å². The molecule has 0 aliphatic heterocycles. The molecule has 0 aromatic carbocycles. The number of aromatic nitrogens is 2. The van der Waals surface area contributed by atoms with Gasteiger partial charge in [-0.2, -0.15) is 5.10 Å². The molecule has 0 radical (unpaired) electrons. The normalized spacial score (nSPS) is 10.6. The van der Waals surface area contributed by atoms with Crippen LogP contribution in [0.5, 0.6) is 0 Å². The standard InChI is InChI=1S/C14H13N3OS2/c18-14(15-6-5-10-3-1-7-19-10)11-9-16-17-13(11)12-4-2-8-20-12/h1-4,7-9H,5-6H2,(H,15,18)(H,16,17). The Morgan fingerprint density at radius 3 is 2.85 bits per heavy atom. The fourth-order valence-electron chi connectivity index (χ4n) is 1.92. The quantitative estimate of drug-likeness (QED) is 0.760. The summed E-state index contributed by atoms with van der Waals surface area (Å²) in [6.07, 6.45) is 2.44. The lowest BCUT2D eigenvalue weighted by atomic mass is 10.2. The number of hydrogen-bond acceptors (Lipinski definition) is 4. The van der Waals surface area contributed by atoms with Gasteiger partial charge in [-0.1, -0.05) is 12.1 Å². The fourth-order valence-corrected chi connectivity index (χ4v) is 3.36. The number of H-pyrrole nitrogens is 1. The monoisotopic (exact) mass is 303 g/mol. The Balaban J connectivity index is 1.64. The van der Waals surface area contributed by atoms with Crippen LogP contribution in [0.25, 0.3) is 10.6 Å². The van der Waals surface area contributed by atoms with Crippen molar-refractivity contribution in [2.75, 3.05) is 6.54 Å². The molecule has 0 atom stereocenters. The van der Waals surface area contributed by atoms with Crippen molar-refractivity contribution in [1.82, 2.24) is 15.5 Å². The highest BCUT2D eigenvalue weighted by atomic mass is 32.1. The van der Waals surface area contributed by atoms with Crippen molar-refractivity contribution >= 4 is 28.6 Å². The number of aromatic amines is 1. The molecule has 3 aromatic rings. The van der Waals surface area contributed by atoms with Crippen LogP contribution in [0.1, 0.15) is 15.2 Å². The molecular formula is C14H13N3OS2. The molecule has 6 heteroatoms. The van der Waals surface area contributed by atoms with Crippen LogP contribution in [0.2, 0.25) is 0 Å². The molecule has 0 aliphatic rings. The number of carbonyl (C=O) groups excluding carboxylic acids is 1. The third-order valence-corrected chi connectivity index (χ3v) is 4.71. The number of amides is 1. The van der Waals surface area contributed by atoms with Gasteiger partial charge in [0, 0.05) is 11.4 Å². The van der Waals surface area contributed by atoms with E-state index >= 15 is 0 Å². The highest BCUT2D eigenvalue weighted by molar-refractivity contribution is 7.13. The Morgan fingerprint density at radius 2 is 2.10 bits per heavy atom. The Hall–Kier alpha value is -1.92. The number of thiophene rings is 2. The van der Waals surface area contributed by atoms with Crippen LogP contribution in [-0.4, -0.2) is 22.6 Å². The van der Waals surface area contributed by atoms with Gasteiger partial charge in [-0.25, -0.2) is 0 Å². The van der Waals surface area contributed by atoms with Gasteiger partial charge in [0.2, 0.25) is 0 Å². The van der Waals surface area contributed by atoms with E-state index in [4.69, 9.17) is 0 Å². The van der Waals surface area contributed by atoms with Crippen molar-refractivity contribution in [3.63, 3.8) is 0 Å². The molecule has 3 heterocycles. The highest BCUT2D eigenvalue weighted by Gasteiger charge is 2.15. The molecule has 0 spiro atoms. The molecule has 0 fully saturated rings. The minimum absolute atomic E-state index is 0.0845. The Morgan fingerprint density at radius 1 is 1.25 bits per heavy atom. The van der Waals surface area contributed by atoms with Crippen molar-refractivity contribution in [3.8, 4) is 10.6 Å². The minimum Gasteiger partial charge on any atom is -0.352 e. The first-order valence-corrected chi connectivity index (χ1v) is 7.98. The first-order valence-electron chi connectivity index (χ1n) is 6.22. The summed E-state index contributed by atoms with van der Waals surface area (Å²) in [6, 6.07) is 8.03. The average molecular weight is 303 g/mol. The van der Waals surface area contributed by atoms with Crippen LogP contribution in [0, 0.1) is 0 Å². The van der Waals surface area contributed by atoms with Gasteiger partial charge >= 0.3 is 0 Å². The molecule has 4 nitrogen and oxygen atoms in total. The van der Waals surface area contributed by atoms with Crippen LogP contribution < -0.4 is 5.32 Å². The van der Waals surface area contributed by atoms with E-state index in [-0.39, 0.29) is 5.91 Å². The second-order valence-electron chi connectivity index (χ2n) is 4.22. The predicted octanol–water partition coefficient (Wildman–Crippen LogP) is 3.17. The lowest BCUT2D eigenvalue weighted by Gasteiger charge is -2.04. The maximum absolute atomic E-state index is 12.2. The molecule has 0 aliphatic carbocycles. The zero-order chi connectivity index (χ0) is 13.8. The van der Waals surface area contributed by atoms with Gasteiger partial charge in [-0.15, -0.1) is 22.7 Å². The second-order valence-corrected chi connectivity index (χ2v) is 6.20. The first kappa shape index (κ1) is 13.1. The van der Waals surface area contributed by atoms with Crippen LogP contribution in [0.3, 0.4) is 0 Å². The van der Waals surface area contributed by atoms with Crippen molar-refractivity contribution in [2.45, 2.75) is 6.42 Å². The van der Waals surface area contributed by atoms with Gasteiger partial charge in [-0.05, 0) is 29.3 Å². The van der Waals surface area contributed by atoms with E-state index in [1.165, 1.54) is 4.88 Å². The zero-order valence-corrected chi connectivity index (χ0v) is 12.3. The molecule has 3 rings (SSSR count). The lowest BCUT2D eigenvalue weighted by Crippen LogP contribution is -2.25. The molecule has 0 saturated carbocycles. The van der Waals surface area contributed by atoms with Crippen LogP contribution >= 0.6 is 22.7 Å². The predicted molar refractivity (Wildman–Crippen MR) is 82.3 cm³/mol. The number of carbonyl (C=O) groups is 1. The van der Waals surface area contributed by atoms with E-state index < -0.39 is 0 Å². The Bertz CT molecular complexity index is 671. The minimum atomic E-state index is -0.0845. The van der Waals surface area contributed by atoms with Gasteiger partial charge in [0.25, 0.3) is 5.91 Å². The highest BCUT2D eigenvalue weighted by Crippen LogP contribution is 2.25. The third kappa shape index (κ3) is 2.81. The van der Waals surface area contributed by atoms with E-state index in [0.717, 1.165) is 17.0 Å². The lowest BCUT2D eigenvalue weighted by molar-refractivity contribution is 0.0955. The maximum Gasteiger partial charge on any atom is 0.255 e. The molecule has 0 unspecified atom stereocenters. The summed E-state index contributed by atoms with van der Waals surface area (Å²) in [5, 5.41) is 13.8. The van der Waals surface area contributed by atoms with Crippen LogP contribution in [-0.2, 0) is 6.42 Å². The fraction of sp³-hybridized carbons (Fsp3) is 0.143. The summed E-state index contributed by atoms with van der Waals surface area (Å²) in [6.45, 7) is 0.633. The SMILES string of the molecule is O=C(NCCc1cccs1)c1cn[nH]c1-c1cccs1. The first-order chi connectivity index (χ1) is 9.84. The Kier molecular flexibility index (Phi) is 3.94. The molecular weight excluding hydrogens is 290 g/mol. The Labute approximate surface area is 124 Å². The summed E-state index contributed by atoms with van der Waals surface area (Å²) in [5.74, 6) is -0.0845. The van der Waals surface area contributed by atoms with Crippen LogP contribution in [0.15, 0.2) is 41.2 Å². The van der Waals surface area contributed by atoms with Gasteiger partial charge in [0.15, 0.2) is 0 Å². The molecule has 2 N–H and O–H groups in total. The third-order valence-electron chi connectivity index (χ3n) is 2.89. The number of nitrogens with zero attached hydrogens (tertiary/aromatic N) is 1. The number of nitrogens with one attached hydrogen (secondary N) is 2. The van der Waals surface area contributed by atoms with Crippen molar-refractivity contribution in [3.05, 3.63) is 51.7 Å². The van der Waals surface area contributed by atoms with Gasteiger partial charge in [0.05, 0.1) is 22.3 Å². The van der Waals surface area contributed by atoms with Crippen LogP contribution in [0.4, 0.5) is 0 Å². The van der Waals surface area contributed by atoms with Crippen molar-refractivity contribution in [1.29, 1.82) is 0 Å². The zero-order valence-electron chi connectivity index (χ0n) is 10.6. The molecule has 20 heavy (non-hydrogen) atoms. The maximum atomic E-state index is 12.2. The van der Waals surface area contributed by atoms with E-state index in [1.807, 2.05) is 29.0 Å². The van der Waals surface area contributed by atoms with Crippen molar-refractivity contribution < 1.29 is 4.79 Å². The van der Waals surface area contributed by atoms with E-state index in [1.54, 1.807) is 28.9 Å². The topological polar surface area (TPSA) is 57.8 Å². The second kappa shape index (κ2) is 6.02. The van der Waals surface area contributed by atoms with Gasteiger partial charge < -0.3 is 5.32 Å². The summed E-state index contributed by atoms with van der Waals surface area (Å²) >= 11 is 3.29. The molecule has 0 saturated heterocycles. The summed E-state index contributed by atoms with van der Waals surface area (Å²) in [5.41, 5.74) is 1.38. The molecule has 1 amide bonds. The summed E-state index contributed by atoms with van der Waals surface area (Å²) < 4.78 is 0. The average Bonchev–Trinajstić information content (AvgIpc) is 3.19. The molecule has 102 valence electrons. The molecule has 0 bridgehead atoms. The molecule has 3 aromatic heterocycles. The number of rotatable bonds is 5. The van der Waals surface area contributed by atoms with E-state index in [9.17, 15) is 4.79 Å². The van der Waals surface area contributed by atoms with Gasteiger partial charge in [-0.3, -0.25) is 9.89 Å². The van der Waals surface area contributed by atoms with Gasteiger partial charge in [0.1, 0.15) is 0 Å².